The van der Waals surface area contributed by atoms with Gasteiger partial charge in [-0.1, -0.05) is 38.1 Å². The fraction of sp³-hybridized carbons (Fsp3) is 0.292. The largest absolute Gasteiger partial charge is 0.508 e. The molecule has 2 aromatic carbocycles. The second kappa shape index (κ2) is 8.92. The monoisotopic (exact) mass is 435 g/mol. The number of hydrogen-bond donors (Lipinski definition) is 2. The zero-order valence-electron chi connectivity index (χ0n) is 18.3. The third kappa shape index (κ3) is 3.78. The van der Waals surface area contributed by atoms with Crippen LogP contribution in [0.2, 0.25) is 0 Å². The Hall–Kier alpha value is -3.52. The fourth-order valence-corrected chi connectivity index (χ4v) is 4.01. The summed E-state index contributed by atoms with van der Waals surface area (Å²) >= 11 is 0. The van der Waals surface area contributed by atoms with Gasteiger partial charge in [-0.15, -0.1) is 0 Å². The van der Waals surface area contributed by atoms with Gasteiger partial charge in [-0.2, -0.15) is 9.97 Å². The van der Waals surface area contributed by atoms with E-state index < -0.39 is 5.82 Å². The number of phenols is 1. The molecule has 7 nitrogen and oxygen atoms in total. The van der Waals surface area contributed by atoms with Gasteiger partial charge >= 0.3 is 6.01 Å². The number of benzene rings is 2. The first-order valence-corrected chi connectivity index (χ1v) is 10.7. The third-order valence-electron chi connectivity index (χ3n) is 5.45. The van der Waals surface area contributed by atoms with Gasteiger partial charge in [0, 0.05) is 30.9 Å². The van der Waals surface area contributed by atoms with E-state index in [4.69, 9.17) is 10.5 Å². The van der Waals surface area contributed by atoms with E-state index in [0.29, 0.717) is 23.3 Å². The van der Waals surface area contributed by atoms with Gasteiger partial charge in [0.25, 0.3) is 0 Å². The number of ether oxygens (including phenoxy) is 1. The van der Waals surface area contributed by atoms with E-state index in [0.717, 1.165) is 23.7 Å². The van der Waals surface area contributed by atoms with Crippen LogP contribution in [0.4, 0.5) is 10.2 Å². The molecule has 1 atom stereocenters. The molecule has 5 rings (SSSR count). The van der Waals surface area contributed by atoms with Gasteiger partial charge in [0.15, 0.2) is 5.82 Å². The maximum atomic E-state index is 15.7. The molecule has 1 aliphatic rings. The van der Waals surface area contributed by atoms with Crippen LogP contribution in [0.1, 0.15) is 20.3 Å². The van der Waals surface area contributed by atoms with Gasteiger partial charge < -0.3 is 20.5 Å². The third-order valence-corrected chi connectivity index (χ3v) is 5.45. The molecule has 3 N–H and O–H groups in total. The summed E-state index contributed by atoms with van der Waals surface area (Å²) in [5.74, 6) is 0.00854. The molecule has 0 bridgehead atoms. The van der Waals surface area contributed by atoms with Crippen molar-refractivity contribution in [2.75, 3.05) is 25.1 Å². The molecule has 1 fully saturated rings. The van der Waals surface area contributed by atoms with E-state index in [2.05, 4.69) is 15.0 Å². The first-order valence-electron chi connectivity index (χ1n) is 10.7. The number of nitrogens with zero attached hydrogens (tertiary/aromatic N) is 4. The normalized spacial score (nSPS) is 15.7. The fourth-order valence-electron chi connectivity index (χ4n) is 4.01. The Morgan fingerprint density at radius 2 is 1.94 bits per heavy atom. The average molecular weight is 436 g/mol. The predicted molar refractivity (Wildman–Crippen MR) is 125 cm³/mol. The Kier molecular flexibility index (Phi) is 6.05. The van der Waals surface area contributed by atoms with Gasteiger partial charge in [-0.25, -0.2) is 4.39 Å². The molecule has 3 heterocycles. The number of rotatable bonds is 3. The quantitative estimate of drug-likeness (QED) is 0.496. The zero-order chi connectivity index (χ0) is 22.8. The molecule has 32 heavy (non-hydrogen) atoms. The van der Waals surface area contributed by atoms with Crippen molar-refractivity contribution in [1.29, 1.82) is 0 Å². The Balaban J connectivity index is 0.00000119. The molecule has 0 saturated carbocycles. The number of halogens is 1. The van der Waals surface area contributed by atoms with Crippen molar-refractivity contribution < 1.29 is 14.2 Å². The van der Waals surface area contributed by atoms with Crippen molar-refractivity contribution in [3.8, 4) is 23.0 Å². The summed E-state index contributed by atoms with van der Waals surface area (Å²) in [6.07, 6.45) is 2.41. The number of methoxy groups -OCH3 is 1. The Bertz CT molecular complexity index is 1280. The number of anilines is 1. The second-order valence-electron chi connectivity index (χ2n) is 7.43. The molecule has 1 aliphatic heterocycles. The topological polar surface area (TPSA) is 97.4 Å². The molecular formula is C24H26FN5O2. The maximum absolute atomic E-state index is 15.7. The number of aromatic nitrogens is 3. The van der Waals surface area contributed by atoms with E-state index in [1.54, 1.807) is 12.3 Å². The molecule has 1 saturated heterocycles. The number of aromatic hydroxyl groups is 1. The van der Waals surface area contributed by atoms with E-state index in [-0.39, 0.29) is 29.0 Å². The summed E-state index contributed by atoms with van der Waals surface area (Å²) in [5.41, 5.74) is 6.77. The molecule has 4 aromatic rings. The SMILES string of the molecule is CC.COc1nc(N2CCC(N)C2)c2cnc(-c3cc(O)cc4ccccc34)c(F)c2n1. The van der Waals surface area contributed by atoms with E-state index in [1.807, 2.05) is 43.0 Å². The van der Waals surface area contributed by atoms with Gasteiger partial charge in [-0.05, 0) is 29.3 Å². The van der Waals surface area contributed by atoms with Crippen molar-refractivity contribution in [3.63, 3.8) is 0 Å². The van der Waals surface area contributed by atoms with Crippen LogP contribution in [0.15, 0.2) is 42.6 Å². The summed E-state index contributed by atoms with van der Waals surface area (Å²) in [4.78, 5) is 15.1. The highest BCUT2D eigenvalue weighted by atomic mass is 19.1. The maximum Gasteiger partial charge on any atom is 0.318 e. The number of pyridine rings is 1. The molecule has 2 aromatic heterocycles. The van der Waals surface area contributed by atoms with Crippen molar-refractivity contribution in [2.45, 2.75) is 26.3 Å². The summed E-state index contributed by atoms with van der Waals surface area (Å²) in [5, 5.41) is 12.2. The highest BCUT2D eigenvalue weighted by Gasteiger charge is 2.26. The lowest BCUT2D eigenvalue weighted by Gasteiger charge is -2.19. The first-order chi connectivity index (χ1) is 15.5. The number of hydrogen-bond acceptors (Lipinski definition) is 7. The van der Waals surface area contributed by atoms with Crippen LogP contribution < -0.4 is 15.4 Å². The zero-order valence-corrected chi connectivity index (χ0v) is 18.3. The molecule has 0 radical (unpaired) electrons. The highest BCUT2D eigenvalue weighted by Crippen LogP contribution is 2.37. The van der Waals surface area contributed by atoms with E-state index in [9.17, 15) is 5.11 Å². The Labute approximate surface area is 185 Å². The molecule has 0 spiro atoms. The smallest absolute Gasteiger partial charge is 0.318 e. The van der Waals surface area contributed by atoms with Crippen LogP contribution >= 0.6 is 0 Å². The van der Waals surface area contributed by atoms with Crippen molar-refractivity contribution in [2.24, 2.45) is 5.73 Å². The van der Waals surface area contributed by atoms with Gasteiger partial charge in [0.1, 0.15) is 22.8 Å². The predicted octanol–water partition coefficient (Wildman–Crippen LogP) is 4.26. The molecule has 1 unspecified atom stereocenters. The number of nitrogens with two attached hydrogens (primary N) is 1. The van der Waals surface area contributed by atoms with E-state index >= 15 is 4.39 Å². The standard InChI is InChI=1S/C22H20FN5O2.C2H6/c1-30-22-26-20-17(21(27-22)28-7-6-13(24)11-28)10-25-19(18(20)23)16-9-14(29)8-12-4-2-3-5-15(12)16;1-2/h2-5,8-10,13,29H,6-7,11,24H2,1H3;1-2H3. The molecule has 166 valence electrons. The van der Waals surface area contributed by atoms with Gasteiger partial charge in [0.2, 0.25) is 0 Å². The Morgan fingerprint density at radius 1 is 1.16 bits per heavy atom. The lowest BCUT2D eigenvalue weighted by molar-refractivity contribution is 0.381. The summed E-state index contributed by atoms with van der Waals surface area (Å²) < 4.78 is 21.0. The molecular weight excluding hydrogens is 409 g/mol. The van der Waals surface area contributed by atoms with Crippen molar-refractivity contribution >= 4 is 27.5 Å². The van der Waals surface area contributed by atoms with Gasteiger partial charge in [-0.3, -0.25) is 4.98 Å². The van der Waals surface area contributed by atoms with Gasteiger partial charge in [0.05, 0.1) is 12.5 Å². The second-order valence-corrected chi connectivity index (χ2v) is 7.43. The lowest BCUT2D eigenvalue weighted by atomic mass is 10.0. The van der Waals surface area contributed by atoms with Crippen LogP contribution in [0.25, 0.3) is 32.9 Å². The van der Waals surface area contributed by atoms with Crippen LogP contribution in [0, 0.1) is 5.82 Å². The molecule has 8 heteroatoms. The minimum Gasteiger partial charge on any atom is -0.508 e. The van der Waals surface area contributed by atoms with E-state index in [1.165, 1.54) is 13.2 Å². The van der Waals surface area contributed by atoms with Crippen molar-refractivity contribution in [1.82, 2.24) is 15.0 Å². The summed E-state index contributed by atoms with van der Waals surface area (Å²) in [6.45, 7) is 5.34. The first kappa shape index (κ1) is 21.7. The van der Waals surface area contributed by atoms with Crippen LogP contribution in [-0.4, -0.2) is 46.3 Å². The Morgan fingerprint density at radius 3 is 2.66 bits per heavy atom. The number of fused-ring (bicyclic) bond motifs is 2. The summed E-state index contributed by atoms with van der Waals surface area (Å²) in [7, 11) is 1.45. The lowest BCUT2D eigenvalue weighted by Crippen LogP contribution is -2.27. The van der Waals surface area contributed by atoms with Crippen LogP contribution in [0.3, 0.4) is 0 Å². The van der Waals surface area contributed by atoms with Crippen LogP contribution in [-0.2, 0) is 0 Å². The average Bonchev–Trinajstić information content (AvgIpc) is 3.25. The highest BCUT2D eigenvalue weighted by molar-refractivity contribution is 5.99. The summed E-state index contributed by atoms with van der Waals surface area (Å²) in [6, 6.07) is 10.7. The number of phenolic OH excluding ortho intramolecular Hbond substituents is 1. The molecule has 0 amide bonds. The minimum absolute atomic E-state index is 0.0387. The van der Waals surface area contributed by atoms with Crippen molar-refractivity contribution in [3.05, 3.63) is 48.4 Å². The molecule has 0 aliphatic carbocycles. The minimum atomic E-state index is -0.589. The van der Waals surface area contributed by atoms with Crippen LogP contribution in [0.5, 0.6) is 11.8 Å².